The Bertz CT molecular complexity index is 1200. The molecule has 0 bridgehead atoms. The lowest BCUT2D eigenvalue weighted by Gasteiger charge is -2.30. The normalized spacial score (nSPS) is 16.8. The van der Waals surface area contributed by atoms with Crippen LogP contribution >= 0.6 is 0 Å². The fourth-order valence-electron chi connectivity index (χ4n) is 3.83. The van der Waals surface area contributed by atoms with Crippen LogP contribution in [0.5, 0.6) is 5.75 Å². The summed E-state index contributed by atoms with van der Waals surface area (Å²) in [6.07, 6.45) is -0.510. The van der Waals surface area contributed by atoms with E-state index in [1.54, 1.807) is 0 Å². The number of piperidine rings is 1. The maximum Gasteiger partial charge on any atom is 0.422 e. The fraction of sp³-hybridized carbons (Fsp3) is 0.391. The zero-order valence-corrected chi connectivity index (χ0v) is 19.2. The van der Waals surface area contributed by atoms with Gasteiger partial charge in [0.05, 0.1) is 17.5 Å². The maximum atomic E-state index is 13.0. The van der Waals surface area contributed by atoms with Crippen LogP contribution in [0.1, 0.15) is 29.9 Å². The molecule has 0 saturated carbocycles. The van der Waals surface area contributed by atoms with Gasteiger partial charge < -0.3 is 15.0 Å². The summed E-state index contributed by atoms with van der Waals surface area (Å²) in [7, 11) is 1.96. The standard InChI is InChI=1S/C23H23F5N6O2/c1-33-8-2-3-16(12-33)30-21(35)19-9-18(14-4-6-17(7-5-14)36-13-23(26,27)28)31-20(32-19)15-10-29-34(11-15)22(24)25/h4-7,9-11,16,22H,2-3,8,12-13H2,1H3,(H,30,35). The SMILES string of the molecule is CN1CCCC(NC(=O)c2cc(-c3ccc(OCC(F)(F)F)cc3)nc(-c3cnn(C(F)F)c3)n2)C1. The molecule has 13 heteroatoms. The summed E-state index contributed by atoms with van der Waals surface area (Å²) in [6, 6.07) is 7.01. The van der Waals surface area contributed by atoms with Crippen LogP contribution in [0.25, 0.3) is 22.6 Å². The van der Waals surface area contributed by atoms with Gasteiger partial charge in [0.1, 0.15) is 11.4 Å². The minimum atomic E-state index is -4.47. The summed E-state index contributed by atoms with van der Waals surface area (Å²) in [5.74, 6) is -0.447. The van der Waals surface area contributed by atoms with Gasteiger partial charge in [-0.25, -0.2) is 14.6 Å². The van der Waals surface area contributed by atoms with Crippen molar-refractivity contribution in [3.63, 3.8) is 0 Å². The van der Waals surface area contributed by atoms with Gasteiger partial charge in [-0.2, -0.15) is 27.1 Å². The Morgan fingerprint density at radius 3 is 2.58 bits per heavy atom. The predicted molar refractivity (Wildman–Crippen MR) is 119 cm³/mol. The summed E-state index contributed by atoms with van der Waals surface area (Å²) in [4.78, 5) is 23.8. The average Bonchev–Trinajstić information content (AvgIpc) is 3.33. The van der Waals surface area contributed by atoms with E-state index in [1.165, 1.54) is 30.3 Å². The molecule has 0 aliphatic carbocycles. The topological polar surface area (TPSA) is 85.2 Å². The number of ether oxygens (including phenoxy) is 1. The van der Waals surface area contributed by atoms with E-state index in [2.05, 4.69) is 25.3 Å². The molecule has 3 aromatic rings. The number of likely N-dealkylation sites (tertiary alicyclic amines) is 1. The van der Waals surface area contributed by atoms with Crippen molar-refractivity contribution < 1.29 is 31.5 Å². The number of carbonyl (C=O) groups is 1. The molecular formula is C23H23F5N6O2. The van der Waals surface area contributed by atoms with E-state index in [0.717, 1.165) is 31.8 Å². The molecule has 1 amide bonds. The number of amides is 1. The molecule has 0 spiro atoms. The zero-order valence-electron chi connectivity index (χ0n) is 19.2. The Kier molecular flexibility index (Phi) is 7.48. The molecule has 8 nitrogen and oxygen atoms in total. The molecule has 1 aliphatic rings. The number of likely N-dealkylation sites (N-methyl/N-ethyl adjacent to an activating group) is 1. The number of nitrogens with one attached hydrogen (secondary N) is 1. The largest absolute Gasteiger partial charge is 0.484 e. The number of carbonyl (C=O) groups excluding carboxylic acids is 1. The van der Waals surface area contributed by atoms with E-state index >= 15 is 0 Å². The summed E-state index contributed by atoms with van der Waals surface area (Å²) >= 11 is 0. The first kappa shape index (κ1) is 25.5. The number of hydrogen-bond acceptors (Lipinski definition) is 6. The predicted octanol–water partition coefficient (Wildman–Crippen LogP) is 4.17. The Morgan fingerprint density at radius 2 is 1.94 bits per heavy atom. The highest BCUT2D eigenvalue weighted by Crippen LogP contribution is 2.26. The van der Waals surface area contributed by atoms with Gasteiger partial charge in [-0.05, 0) is 56.8 Å². The van der Waals surface area contributed by atoms with Gasteiger partial charge in [-0.1, -0.05) is 0 Å². The van der Waals surface area contributed by atoms with E-state index in [4.69, 9.17) is 4.74 Å². The number of halogens is 5. The van der Waals surface area contributed by atoms with Crippen LogP contribution in [-0.4, -0.2) is 69.5 Å². The van der Waals surface area contributed by atoms with Crippen LogP contribution in [0.4, 0.5) is 22.0 Å². The molecule has 4 rings (SSSR count). The lowest BCUT2D eigenvalue weighted by atomic mass is 10.1. The molecular weight excluding hydrogens is 487 g/mol. The highest BCUT2D eigenvalue weighted by molar-refractivity contribution is 5.94. The second-order valence-corrected chi connectivity index (χ2v) is 8.45. The lowest BCUT2D eigenvalue weighted by molar-refractivity contribution is -0.153. The summed E-state index contributed by atoms with van der Waals surface area (Å²) < 4.78 is 68.5. The molecule has 36 heavy (non-hydrogen) atoms. The first-order chi connectivity index (χ1) is 17.1. The first-order valence-corrected chi connectivity index (χ1v) is 11.1. The third-order valence-electron chi connectivity index (χ3n) is 5.53. The van der Waals surface area contributed by atoms with Crippen LogP contribution < -0.4 is 10.1 Å². The van der Waals surface area contributed by atoms with E-state index in [-0.39, 0.29) is 34.6 Å². The average molecular weight is 510 g/mol. The molecule has 3 heterocycles. The molecule has 1 fully saturated rings. The summed E-state index contributed by atoms with van der Waals surface area (Å²) in [6.45, 7) is -2.68. The Morgan fingerprint density at radius 1 is 1.19 bits per heavy atom. The summed E-state index contributed by atoms with van der Waals surface area (Å²) in [5, 5.41) is 6.54. The Labute approximate surface area is 203 Å². The van der Waals surface area contributed by atoms with E-state index < -0.39 is 25.2 Å². The van der Waals surface area contributed by atoms with Gasteiger partial charge in [0.25, 0.3) is 5.91 Å². The van der Waals surface area contributed by atoms with Crippen molar-refractivity contribution in [2.45, 2.75) is 31.6 Å². The molecule has 1 aliphatic heterocycles. The van der Waals surface area contributed by atoms with E-state index in [0.29, 0.717) is 16.8 Å². The van der Waals surface area contributed by atoms with Gasteiger partial charge in [-0.15, -0.1) is 0 Å². The van der Waals surface area contributed by atoms with Gasteiger partial charge in [-0.3, -0.25) is 4.79 Å². The second kappa shape index (κ2) is 10.6. The van der Waals surface area contributed by atoms with Crippen molar-refractivity contribution in [1.82, 2.24) is 30.0 Å². The molecule has 1 atom stereocenters. The van der Waals surface area contributed by atoms with Crippen molar-refractivity contribution >= 4 is 5.91 Å². The number of aromatic nitrogens is 4. The van der Waals surface area contributed by atoms with Gasteiger partial charge in [0.15, 0.2) is 12.4 Å². The molecule has 1 saturated heterocycles. The van der Waals surface area contributed by atoms with Crippen molar-refractivity contribution in [3.8, 4) is 28.4 Å². The monoisotopic (exact) mass is 510 g/mol. The summed E-state index contributed by atoms with van der Waals surface area (Å²) in [5.41, 5.74) is 0.933. The second-order valence-electron chi connectivity index (χ2n) is 8.45. The number of alkyl halides is 5. The van der Waals surface area contributed by atoms with Crippen LogP contribution in [0.2, 0.25) is 0 Å². The minimum Gasteiger partial charge on any atom is -0.484 e. The molecule has 2 aromatic heterocycles. The lowest BCUT2D eigenvalue weighted by Crippen LogP contribution is -2.46. The minimum absolute atomic E-state index is 0.00251. The van der Waals surface area contributed by atoms with Crippen molar-refractivity contribution in [1.29, 1.82) is 0 Å². The molecule has 0 radical (unpaired) electrons. The molecule has 192 valence electrons. The maximum absolute atomic E-state index is 13.0. The van der Waals surface area contributed by atoms with Gasteiger partial charge in [0.2, 0.25) is 0 Å². The number of benzene rings is 1. The van der Waals surface area contributed by atoms with Crippen molar-refractivity contribution in [3.05, 3.63) is 48.4 Å². The van der Waals surface area contributed by atoms with Gasteiger partial charge >= 0.3 is 12.7 Å². The third-order valence-corrected chi connectivity index (χ3v) is 5.53. The van der Waals surface area contributed by atoms with Crippen LogP contribution in [0, 0.1) is 0 Å². The molecule has 1 N–H and O–H groups in total. The quantitative estimate of drug-likeness (QED) is 0.481. The smallest absolute Gasteiger partial charge is 0.422 e. The Balaban J connectivity index is 1.64. The van der Waals surface area contributed by atoms with E-state index in [1.807, 2.05) is 7.05 Å². The molecule has 1 unspecified atom stereocenters. The zero-order chi connectivity index (χ0) is 25.9. The highest BCUT2D eigenvalue weighted by atomic mass is 19.4. The number of hydrogen-bond donors (Lipinski definition) is 1. The van der Waals surface area contributed by atoms with Crippen LogP contribution in [-0.2, 0) is 0 Å². The molecule has 1 aromatic carbocycles. The number of rotatable bonds is 7. The Hall–Kier alpha value is -3.61. The highest BCUT2D eigenvalue weighted by Gasteiger charge is 2.28. The van der Waals surface area contributed by atoms with Gasteiger partial charge in [0, 0.05) is 24.3 Å². The number of nitrogens with zero attached hydrogens (tertiary/aromatic N) is 5. The van der Waals surface area contributed by atoms with E-state index in [9.17, 15) is 26.7 Å². The van der Waals surface area contributed by atoms with Crippen molar-refractivity contribution in [2.24, 2.45) is 0 Å². The first-order valence-electron chi connectivity index (χ1n) is 11.1. The fourth-order valence-corrected chi connectivity index (χ4v) is 3.83. The van der Waals surface area contributed by atoms with Crippen LogP contribution in [0.15, 0.2) is 42.7 Å². The van der Waals surface area contributed by atoms with Crippen molar-refractivity contribution in [2.75, 3.05) is 26.7 Å². The van der Waals surface area contributed by atoms with Crippen LogP contribution in [0.3, 0.4) is 0 Å². The third kappa shape index (κ3) is 6.53.